The van der Waals surface area contributed by atoms with Crippen LogP contribution in [0, 0.1) is 5.92 Å². The average molecular weight is 310 g/mol. The lowest BCUT2D eigenvalue weighted by atomic mass is 10.1. The quantitative estimate of drug-likeness (QED) is 0.640. The number of ether oxygens (including phenoxy) is 2. The van der Waals surface area contributed by atoms with Crippen LogP contribution in [0.5, 0.6) is 11.5 Å². The number of carbonyl (C=O) groups is 2. The van der Waals surface area contributed by atoms with Gasteiger partial charge in [-0.3, -0.25) is 9.59 Å². The van der Waals surface area contributed by atoms with Crippen LogP contribution in [0.4, 0.5) is 0 Å². The van der Waals surface area contributed by atoms with Gasteiger partial charge in [-0.2, -0.15) is 0 Å². The first kappa shape index (κ1) is 17.8. The fourth-order valence-corrected chi connectivity index (χ4v) is 1.58. The van der Waals surface area contributed by atoms with E-state index in [-0.39, 0.29) is 12.1 Å². The summed E-state index contributed by atoms with van der Waals surface area (Å²) in [5, 5.41) is 11.7. The molecule has 0 saturated heterocycles. The Bertz CT molecular complexity index is 531. The molecule has 0 aromatic heterocycles. The molecule has 22 heavy (non-hydrogen) atoms. The van der Waals surface area contributed by atoms with Gasteiger partial charge < -0.3 is 25.6 Å². The van der Waals surface area contributed by atoms with Gasteiger partial charge in [0.15, 0.2) is 0 Å². The number of amides is 2. The first-order chi connectivity index (χ1) is 10.3. The fraction of sp³-hybridized carbons (Fsp3) is 0.467. The molecule has 0 saturated carbocycles. The first-order valence-electron chi connectivity index (χ1n) is 6.91. The van der Waals surface area contributed by atoms with Crippen LogP contribution < -0.4 is 20.5 Å². The van der Waals surface area contributed by atoms with Gasteiger partial charge in [-0.15, -0.1) is 0 Å². The second kappa shape index (κ2) is 8.23. The van der Waals surface area contributed by atoms with Crippen molar-refractivity contribution in [3.05, 3.63) is 23.8 Å². The third-order valence-electron chi connectivity index (χ3n) is 2.79. The lowest BCUT2D eigenvalue weighted by Crippen LogP contribution is -2.40. The van der Waals surface area contributed by atoms with E-state index >= 15 is 0 Å². The van der Waals surface area contributed by atoms with Gasteiger partial charge >= 0.3 is 0 Å². The van der Waals surface area contributed by atoms with Crippen LogP contribution in [0.15, 0.2) is 18.2 Å². The van der Waals surface area contributed by atoms with Crippen molar-refractivity contribution in [1.82, 2.24) is 5.32 Å². The maximum atomic E-state index is 12.1. The van der Waals surface area contributed by atoms with Gasteiger partial charge in [0.25, 0.3) is 5.91 Å². The number of hydrogen-bond donors (Lipinski definition) is 3. The highest BCUT2D eigenvalue weighted by molar-refractivity contribution is 5.97. The largest absolute Gasteiger partial charge is 0.497 e. The van der Waals surface area contributed by atoms with E-state index in [2.05, 4.69) is 5.32 Å². The molecule has 2 amide bonds. The van der Waals surface area contributed by atoms with Crippen LogP contribution in [0.2, 0.25) is 0 Å². The molecule has 0 aliphatic heterocycles. The Labute approximate surface area is 129 Å². The zero-order chi connectivity index (χ0) is 16.7. The van der Waals surface area contributed by atoms with Crippen molar-refractivity contribution in [3.8, 4) is 11.5 Å². The molecule has 0 unspecified atom stereocenters. The van der Waals surface area contributed by atoms with Gasteiger partial charge in [0, 0.05) is 6.07 Å². The van der Waals surface area contributed by atoms with Crippen molar-refractivity contribution >= 4 is 11.8 Å². The van der Waals surface area contributed by atoms with E-state index in [9.17, 15) is 14.7 Å². The van der Waals surface area contributed by atoms with Crippen LogP contribution in [0.25, 0.3) is 0 Å². The molecule has 4 N–H and O–H groups in total. The van der Waals surface area contributed by atoms with Crippen molar-refractivity contribution in [2.45, 2.75) is 20.0 Å². The Balaban J connectivity index is 2.86. The lowest BCUT2D eigenvalue weighted by molar-refractivity contribution is -0.125. The number of carbonyl (C=O) groups excluding carboxylic acids is 2. The Hall–Kier alpha value is -2.28. The Kier molecular flexibility index (Phi) is 6.65. The second-order valence-electron chi connectivity index (χ2n) is 5.20. The van der Waals surface area contributed by atoms with Crippen LogP contribution >= 0.6 is 0 Å². The van der Waals surface area contributed by atoms with Crippen molar-refractivity contribution in [2.24, 2.45) is 11.7 Å². The smallest absolute Gasteiger partial charge is 0.255 e. The van der Waals surface area contributed by atoms with E-state index in [1.165, 1.54) is 7.11 Å². The number of methoxy groups -OCH3 is 1. The van der Waals surface area contributed by atoms with Crippen molar-refractivity contribution in [3.63, 3.8) is 0 Å². The fourth-order valence-electron chi connectivity index (χ4n) is 1.58. The normalized spacial score (nSPS) is 11.9. The molecule has 0 bridgehead atoms. The predicted molar refractivity (Wildman–Crippen MR) is 80.9 cm³/mol. The molecular formula is C15H22N2O5. The lowest BCUT2D eigenvalue weighted by Gasteiger charge is -2.15. The summed E-state index contributed by atoms with van der Waals surface area (Å²) in [6.45, 7) is 4.16. The van der Waals surface area contributed by atoms with Crippen LogP contribution in [-0.4, -0.2) is 43.3 Å². The number of nitrogens with two attached hydrogens (primary N) is 1. The SMILES string of the molecule is COc1ccc(C(=O)NC[C@@H](O)C(N)=O)c(OCC(C)C)c1. The molecule has 1 atom stereocenters. The standard InChI is InChI=1S/C15H22N2O5/c1-9(2)8-22-13-6-10(21-3)4-5-11(13)15(20)17-7-12(18)14(16)19/h4-6,9,12,18H,7-8H2,1-3H3,(H2,16,19)(H,17,20)/t12-/m1/s1. The monoisotopic (exact) mass is 310 g/mol. The highest BCUT2D eigenvalue weighted by Crippen LogP contribution is 2.25. The summed E-state index contributed by atoms with van der Waals surface area (Å²) in [6, 6.07) is 4.80. The molecule has 0 aliphatic carbocycles. The zero-order valence-electron chi connectivity index (χ0n) is 13.0. The third kappa shape index (κ3) is 5.25. The predicted octanol–water partition coefficient (Wildman–Crippen LogP) is 0.306. The highest BCUT2D eigenvalue weighted by atomic mass is 16.5. The number of nitrogens with one attached hydrogen (secondary N) is 1. The average Bonchev–Trinajstić information content (AvgIpc) is 2.49. The minimum absolute atomic E-state index is 0.260. The van der Waals surface area contributed by atoms with Gasteiger partial charge in [-0.05, 0) is 18.1 Å². The molecule has 1 rings (SSSR count). The summed E-state index contributed by atoms with van der Waals surface area (Å²) in [5.41, 5.74) is 5.22. The van der Waals surface area contributed by atoms with Gasteiger partial charge in [-0.25, -0.2) is 0 Å². The molecule has 0 heterocycles. The Morgan fingerprint density at radius 1 is 1.36 bits per heavy atom. The zero-order valence-corrected chi connectivity index (χ0v) is 13.0. The van der Waals surface area contributed by atoms with Crippen molar-refractivity contribution in [1.29, 1.82) is 0 Å². The molecule has 0 aliphatic rings. The molecule has 0 radical (unpaired) electrons. The molecule has 1 aromatic rings. The topological polar surface area (TPSA) is 111 Å². The van der Waals surface area contributed by atoms with E-state index in [1.807, 2.05) is 13.8 Å². The minimum atomic E-state index is -1.43. The second-order valence-corrected chi connectivity index (χ2v) is 5.20. The molecule has 0 fully saturated rings. The molecule has 7 nitrogen and oxygen atoms in total. The van der Waals surface area contributed by atoms with Gasteiger partial charge in [0.1, 0.15) is 17.6 Å². The maximum absolute atomic E-state index is 12.1. The number of hydrogen-bond acceptors (Lipinski definition) is 5. The maximum Gasteiger partial charge on any atom is 0.255 e. The van der Waals surface area contributed by atoms with E-state index in [0.29, 0.717) is 24.0 Å². The van der Waals surface area contributed by atoms with E-state index < -0.39 is 17.9 Å². The third-order valence-corrected chi connectivity index (χ3v) is 2.79. The summed E-state index contributed by atoms with van der Waals surface area (Å²) in [4.78, 5) is 22.9. The van der Waals surface area contributed by atoms with Gasteiger partial charge in [-0.1, -0.05) is 13.8 Å². The van der Waals surface area contributed by atoms with E-state index in [1.54, 1.807) is 18.2 Å². The molecule has 7 heteroatoms. The highest BCUT2D eigenvalue weighted by Gasteiger charge is 2.17. The molecular weight excluding hydrogens is 288 g/mol. The van der Waals surface area contributed by atoms with Crippen LogP contribution in [-0.2, 0) is 4.79 Å². The van der Waals surface area contributed by atoms with Gasteiger partial charge in [0.05, 0.1) is 25.8 Å². The van der Waals surface area contributed by atoms with Gasteiger partial charge in [0.2, 0.25) is 5.91 Å². The number of aliphatic hydroxyl groups is 1. The Morgan fingerprint density at radius 2 is 2.05 bits per heavy atom. The molecule has 122 valence electrons. The number of primary amides is 1. The van der Waals surface area contributed by atoms with Crippen molar-refractivity contribution in [2.75, 3.05) is 20.3 Å². The summed E-state index contributed by atoms with van der Waals surface area (Å²) in [5.74, 6) is -0.140. The van der Waals surface area contributed by atoms with Crippen molar-refractivity contribution < 1.29 is 24.2 Å². The van der Waals surface area contributed by atoms with E-state index in [0.717, 1.165) is 0 Å². The summed E-state index contributed by atoms with van der Waals surface area (Å²) < 4.78 is 10.7. The Morgan fingerprint density at radius 3 is 2.59 bits per heavy atom. The minimum Gasteiger partial charge on any atom is -0.497 e. The number of benzene rings is 1. The van der Waals surface area contributed by atoms with E-state index in [4.69, 9.17) is 15.2 Å². The first-order valence-corrected chi connectivity index (χ1v) is 6.91. The number of rotatable bonds is 8. The molecule has 0 spiro atoms. The summed E-state index contributed by atoms with van der Waals surface area (Å²) in [7, 11) is 1.52. The number of aliphatic hydroxyl groups excluding tert-OH is 1. The molecule has 1 aromatic carbocycles. The van der Waals surface area contributed by atoms with Crippen LogP contribution in [0.1, 0.15) is 24.2 Å². The summed E-state index contributed by atoms with van der Waals surface area (Å²) >= 11 is 0. The summed E-state index contributed by atoms with van der Waals surface area (Å²) in [6.07, 6.45) is -1.43. The van der Waals surface area contributed by atoms with Crippen LogP contribution in [0.3, 0.4) is 0 Å².